The van der Waals surface area contributed by atoms with E-state index in [0.717, 1.165) is 20.9 Å². The van der Waals surface area contributed by atoms with Gasteiger partial charge in [-0.25, -0.2) is 0 Å². The van der Waals surface area contributed by atoms with Gasteiger partial charge in [0, 0.05) is 15.5 Å². The van der Waals surface area contributed by atoms with Gasteiger partial charge in [0.15, 0.2) is 0 Å². The van der Waals surface area contributed by atoms with Gasteiger partial charge in [0.05, 0.1) is 0 Å². The van der Waals surface area contributed by atoms with E-state index < -0.39 is 0 Å². The molecular weight excluding hydrogens is 264 g/mol. The maximum Gasteiger partial charge on any atom is 0.240 e. The van der Waals surface area contributed by atoms with Crippen molar-refractivity contribution in [3.63, 3.8) is 0 Å². The Balaban J connectivity index is 2.32. The number of benzene rings is 3. The molecule has 4 aromatic rings. The van der Waals surface area contributed by atoms with Crippen molar-refractivity contribution in [2.24, 2.45) is 0 Å². The SMILES string of the molecule is Cc1ccc2sc(=O)c3cc4ccccc4cc3c2c1. The Bertz CT molecular complexity index is 1030. The van der Waals surface area contributed by atoms with Crippen molar-refractivity contribution in [2.45, 2.75) is 6.92 Å². The molecule has 2 heteroatoms. The van der Waals surface area contributed by atoms with Crippen LogP contribution in [0.3, 0.4) is 0 Å². The fraction of sp³-hybridized carbons (Fsp3) is 0.0556. The molecule has 0 radical (unpaired) electrons. The number of hydrogen-bond donors (Lipinski definition) is 0. The van der Waals surface area contributed by atoms with E-state index in [9.17, 15) is 4.79 Å². The van der Waals surface area contributed by atoms with E-state index in [-0.39, 0.29) is 4.74 Å². The van der Waals surface area contributed by atoms with E-state index in [1.165, 1.54) is 27.7 Å². The molecule has 4 rings (SSSR count). The standard InChI is InChI=1S/C18H12OS/c1-11-6-7-17-15(8-11)14-9-12-4-2-3-5-13(12)10-16(14)18(19)20-17/h2-10H,1H3. The molecule has 3 aromatic carbocycles. The van der Waals surface area contributed by atoms with Gasteiger partial charge in [0.2, 0.25) is 4.74 Å². The van der Waals surface area contributed by atoms with Crippen LogP contribution >= 0.6 is 11.3 Å². The maximum absolute atomic E-state index is 12.3. The van der Waals surface area contributed by atoms with E-state index in [0.29, 0.717) is 0 Å². The highest BCUT2D eigenvalue weighted by molar-refractivity contribution is 7.17. The summed E-state index contributed by atoms with van der Waals surface area (Å²) >= 11 is 1.33. The molecular formula is C18H12OS. The second-order valence-electron chi connectivity index (χ2n) is 5.13. The zero-order chi connectivity index (χ0) is 13.7. The predicted octanol–water partition coefficient (Wildman–Crippen LogP) is 4.88. The van der Waals surface area contributed by atoms with Crippen LogP contribution in [-0.4, -0.2) is 0 Å². The smallest absolute Gasteiger partial charge is 0.240 e. The average Bonchev–Trinajstić information content (AvgIpc) is 2.47. The second kappa shape index (κ2) is 4.15. The van der Waals surface area contributed by atoms with Gasteiger partial charge in [-0.3, -0.25) is 4.79 Å². The molecule has 1 aromatic heterocycles. The molecule has 0 saturated carbocycles. The zero-order valence-corrected chi connectivity index (χ0v) is 11.8. The van der Waals surface area contributed by atoms with Crippen LogP contribution in [0.15, 0.2) is 59.4 Å². The minimum absolute atomic E-state index is 0.141. The number of aryl methyl sites for hydroxylation is 1. The topological polar surface area (TPSA) is 17.1 Å². The Morgan fingerprint density at radius 1 is 0.800 bits per heavy atom. The van der Waals surface area contributed by atoms with Gasteiger partial charge in [0.1, 0.15) is 0 Å². The van der Waals surface area contributed by atoms with Crippen molar-refractivity contribution < 1.29 is 0 Å². The molecule has 0 aliphatic carbocycles. The van der Waals surface area contributed by atoms with Crippen LogP contribution < -0.4 is 4.74 Å². The molecule has 0 bridgehead atoms. The second-order valence-corrected chi connectivity index (χ2v) is 6.15. The lowest BCUT2D eigenvalue weighted by Gasteiger charge is -2.06. The molecule has 1 heterocycles. The summed E-state index contributed by atoms with van der Waals surface area (Å²) in [7, 11) is 0. The number of hydrogen-bond acceptors (Lipinski definition) is 2. The summed E-state index contributed by atoms with van der Waals surface area (Å²) in [5.74, 6) is 0. The van der Waals surface area contributed by atoms with Gasteiger partial charge in [-0.05, 0) is 47.3 Å². The summed E-state index contributed by atoms with van der Waals surface area (Å²) in [6.07, 6.45) is 0. The van der Waals surface area contributed by atoms with Gasteiger partial charge >= 0.3 is 0 Å². The minimum Gasteiger partial charge on any atom is -0.277 e. The van der Waals surface area contributed by atoms with Crippen molar-refractivity contribution in [1.29, 1.82) is 0 Å². The molecule has 0 atom stereocenters. The van der Waals surface area contributed by atoms with Gasteiger partial charge in [-0.15, -0.1) is 0 Å². The molecule has 0 unspecified atom stereocenters. The Hall–Kier alpha value is -2.19. The molecule has 20 heavy (non-hydrogen) atoms. The van der Waals surface area contributed by atoms with Crippen LogP contribution in [0.4, 0.5) is 0 Å². The highest BCUT2D eigenvalue weighted by atomic mass is 32.1. The van der Waals surface area contributed by atoms with Gasteiger partial charge in [-0.1, -0.05) is 47.2 Å². The minimum atomic E-state index is 0.141. The lowest BCUT2D eigenvalue weighted by atomic mass is 10.0. The zero-order valence-electron chi connectivity index (χ0n) is 11.0. The van der Waals surface area contributed by atoms with Crippen LogP contribution in [0.25, 0.3) is 31.6 Å². The maximum atomic E-state index is 12.3. The van der Waals surface area contributed by atoms with Crippen LogP contribution in [0, 0.1) is 6.92 Å². The third-order valence-corrected chi connectivity index (χ3v) is 4.71. The monoisotopic (exact) mass is 276 g/mol. The molecule has 0 N–H and O–H groups in total. The summed E-state index contributed by atoms with van der Waals surface area (Å²) in [6.45, 7) is 2.09. The predicted molar refractivity (Wildman–Crippen MR) is 87.8 cm³/mol. The van der Waals surface area contributed by atoms with Crippen molar-refractivity contribution in [1.82, 2.24) is 0 Å². The fourth-order valence-corrected chi connectivity index (χ4v) is 3.62. The normalized spacial score (nSPS) is 11.4. The van der Waals surface area contributed by atoms with Gasteiger partial charge < -0.3 is 0 Å². The van der Waals surface area contributed by atoms with E-state index in [1.807, 2.05) is 24.3 Å². The van der Waals surface area contributed by atoms with Crippen molar-refractivity contribution >= 4 is 43.0 Å². The molecule has 0 spiro atoms. The summed E-state index contributed by atoms with van der Waals surface area (Å²) < 4.78 is 1.20. The molecule has 0 aliphatic rings. The molecule has 1 nitrogen and oxygen atoms in total. The van der Waals surface area contributed by atoms with Crippen LogP contribution in [0.5, 0.6) is 0 Å². The first-order valence-corrected chi connectivity index (χ1v) is 7.40. The summed E-state index contributed by atoms with van der Waals surface area (Å²) in [6, 6.07) is 18.6. The van der Waals surface area contributed by atoms with Crippen LogP contribution in [0.2, 0.25) is 0 Å². The summed E-state index contributed by atoms with van der Waals surface area (Å²) in [4.78, 5) is 12.3. The van der Waals surface area contributed by atoms with Crippen molar-refractivity contribution in [3.05, 3.63) is 69.7 Å². The first-order valence-electron chi connectivity index (χ1n) is 6.58. The Labute approximate surface area is 120 Å². The Morgan fingerprint density at radius 2 is 1.50 bits per heavy atom. The van der Waals surface area contributed by atoms with E-state index >= 15 is 0 Å². The highest BCUT2D eigenvalue weighted by Crippen LogP contribution is 2.29. The van der Waals surface area contributed by atoms with E-state index in [1.54, 1.807) is 0 Å². The third-order valence-electron chi connectivity index (χ3n) is 3.73. The highest BCUT2D eigenvalue weighted by Gasteiger charge is 2.07. The molecule has 0 saturated heterocycles. The fourth-order valence-electron chi connectivity index (χ4n) is 2.73. The molecule has 96 valence electrons. The van der Waals surface area contributed by atoms with Crippen LogP contribution in [0.1, 0.15) is 5.56 Å². The quantitative estimate of drug-likeness (QED) is 0.330. The van der Waals surface area contributed by atoms with E-state index in [4.69, 9.17) is 0 Å². The number of fused-ring (bicyclic) bond motifs is 4. The van der Waals surface area contributed by atoms with Crippen molar-refractivity contribution in [2.75, 3.05) is 0 Å². The number of rotatable bonds is 0. The first kappa shape index (κ1) is 11.6. The Kier molecular flexibility index (Phi) is 2.41. The first-order chi connectivity index (χ1) is 9.72. The average molecular weight is 276 g/mol. The van der Waals surface area contributed by atoms with Gasteiger partial charge in [0.25, 0.3) is 0 Å². The lowest BCUT2D eigenvalue weighted by Crippen LogP contribution is -1.96. The molecule has 0 fully saturated rings. The molecule has 0 aliphatic heterocycles. The largest absolute Gasteiger partial charge is 0.277 e. The van der Waals surface area contributed by atoms with Crippen LogP contribution in [-0.2, 0) is 0 Å². The third kappa shape index (κ3) is 1.65. The van der Waals surface area contributed by atoms with Gasteiger partial charge in [-0.2, -0.15) is 0 Å². The summed E-state index contributed by atoms with van der Waals surface area (Å²) in [5, 5.41) is 5.36. The van der Waals surface area contributed by atoms with Crippen molar-refractivity contribution in [3.8, 4) is 0 Å². The van der Waals surface area contributed by atoms with E-state index in [2.05, 4.69) is 37.3 Å². The Morgan fingerprint density at radius 3 is 2.25 bits per heavy atom. The summed E-state index contributed by atoms with van der Waals surface area (Å²) in [5.41, 5.74) is 1.22. The lowest BCUT2D eigenvalue weighted by molar-refractivity contribution is 1.52. The molecule has 0 amide bonds.